The number of para-hydroxylation sites is 2. The Labute approximate surface area is 154 Å². The summed E-state index contributed by atoms with van der Waals surface area (Å²) in [4.78, 5) is 27.0. The summed E-state index contributed by atoms with van der Waals surface area (Å²) in [6.45, 7) is 3.19. The predicted octanol–water partition coefficient (Wildman–Crippen LogP) is 3.49. The lowest BCUT2D eigenvalue weighted by atomic mass is 9.95. The fraction of sp³-hybridized carbons (Fsp3) is 0.333. The van der Waals surface area contributed by atoms with E-state index < -0.39 is 0 Å². The van der Waals surface area contributed by atoms with Crippen LogP contribution in [0.4, 0.5) is 5.69 Å². The number of rotatable bonds is 4. The minimum Gasteiger partial charge on any atom is -0.495 e. The second-order valence-electron chi connectivity index (χ2n) is 6.62. The summed E-state index contributed by atoms with van der Waals surface area (Å²) in [5.41, 5.74) is 2.51. The molecule has 5 heteroatoms. The topological polar surface area (TPSA) is 58.6 Å². The van der Waals surface area contributed by atoms with Gasteiger partial charge in [0.1, 0.15) is 5.75 Å². The van der Waals surface area contributed by atoms with Crippen LogP contribution >= 0.6 is 0 Å². The number of aryl methyl sites for hydroxylation is 1. The van der Waals surface area contributed by atoms with Crippen molar-refractivity contribution in [3.8, 4) is 5.75 Å². The van der Waals surface area contributed by atoms with E-state index >= 15 is 0 Å². The summed E-state index contributed by atoms with van der Waals surface area (Å²) in [5.74, 6) is 0.570. The minimum absolute atomic E-state index is 0.0167. The van der Waals surface area contributed by atoms with Gasteiger partial charge >= 0.3 is 0 Å². The van der Waals surface area contributed by atoms with Gasteiger partial charge in [-0.3, -0.25) is 9.59 Å². The highest BCUT2D eigenvalue weighted by Gasteiger charge is 2.28. The summed E-state index contributed by atoms with van der Waals surface area (Å²) >= 11 is 0. The van der Waals surface area contributed by atoms with Gasteiger partial charge in [0.05, 0.1) is 12.8 Å². The van der Waals surface area contributed by atoms with Gasteiger partial charge in [-0.15, -0.1) is 0 Å². The maximum atomic E-state index is 12.6. The molecule has 26 heavy (non-hydrogen) atoms. The highest BCUT2D eigenvalue weighted by atomic mass is 16.5. The number of ether oxygens (including phenoxy) is 1. The lowest BCUT2D eigenvalue weighted by Crippen LogP contribution is -2.41. The van der Waals surface area contributed by atoms with E-state index in [4.69, 9.17) is 4.74 Å². The van der Waals surface area contributed by atoms with Gasteiger partial charge in [-0.2, -0.15) is 0 Å². The smallest absolute Gasteiger partial charge is 0.253 e. The number of piperidine rings is 1. The third-order valence-electron chi connectivity index (χ3n) is 4.82. The van der Waals surface area contributed by atoms with Crippen LogP contribution in [0.1, 0.15) is 28.8 Å². The number of anilines is 1. The largest absolute Gasteiger partial charge is 0.495 e. The summed E-state index contributed by atoms with van der Waals surface area (Å²) in [5, 5.41) is 2.95. The normalized spacial score (nSPS) is 14.8. The van der Waals surface area contributed by atoms with Crippen LogP contribution in [0.2, 0.25) is 0 Å². The molecule has 136 valence electrons. The highest BCUT2D eigenvalue weighted by Crippen LogP contribution is 2.26. The van der Waals surface area contributed by atoms with Gasteiger partial charge in [-0.1, -0.05) is 29.8 Å². The lowest BCUT2D eigenvalue weighted by molar-refractivity contribution is -0.121. The average Bonchev–Trinajstić information content (AvgIpc) is 2.68. The molecule has 0 saturated carbocycles. The van der Waals surface area contributed by atoms with Crippen LogP contribution in [0, 0.1) is 12.8 Å². The number of nitrogens with one attached hydrogen (secondary N) is 1. The van der Waals surface area contributed by atoms with E-state index in [-0.39, 0.29) is 17.7 Å². The molecule has 0 radical (unpaired) electrons. The molecule has 1 fully saturated rings. The molecular formula is C21H24N2O3. The Kier molecular flexibility index (Phi) is 5.56. The van der Waals surface area contributed by atoms with E-state index in [1.54, 1.807) is 7.11 Å². The number of amides is 2. The van der Waals surface area contributed by atoms with E-state index in [1.165, 1.54) is 0 Å². The van der Waals surface area contributed by atoms with Crippen LogP contribution in [0.15, 0.2) is 48.5 Å². The monoisotopic (exact) mass is 352 g/mol. The first-order valence-electron chi connectivity index (χ1n) is 8.88. The summed E-state index contributed by atoms with van der Waals surface area (Å²) < 4.78 is 5.27. The Morgan fingerprint density at radius 2 is 1.69 bits per heavy atom. The van der Waals surface area contributed by atoms with Crippen molar-refractivity contribution in [1.82, 2.24) is 4.90 Å². The first-order chi connectivity index (χ1) is 12.6. The molecule has 1 saturated heterocycles. The van der Waals surface area contributed by atoms with Crippen molar-refractivity contribution < 1.29 is 14.3 Å². The second kappa shape index (κ2) is 8.04. The van der Waals surface area contributed by atoms with E-state index in [1.807, 2.05) is 60.4 Å². The number of likely N-dealkylation sites (tertiary alicyclic amines) is 1. The number of carbonyl (C=O) groups is 2. The SMILES string of the molecule is COc1ccccc1NC(=O)C1CCN(C(=O)c2ccc(C)cc2)CC1. The maximum Gasteiger partial charge on any atom is 0.253 e. The molecule has 2 aromatic carbocycles. The van der Waals surface area contributed by atoms with Crippen LogP contribution in [0.3, 0.4) is 0 Å². The molecule has 5 nitrogen and oxygen atoms in total. The fourth-order valence-electron chi connectivity index (χ4n) is 3.21. The number of nitrogens with zero attached hydrogens (tertiary/aromatic N) is 1. The van der Waals surface area contributed by atoms with Crippen LogP contribution in [0.25, 0.3) is 0 Å². The van der Waals surface area contributed by atoms with Crippen LogP contribution in [-0.2, 0) is 4.79 Å². The Bertz CT molecular complexity index is 778. The lowest BCUT2D eigenvalue weighted by Gasteiger charge is -2.31. The van der Waals surface area contributed by atoms with E-state index in [2.05, 4.69) is 5.32 Å². The Hall–Kier alpha value is -2.82. The minimum atomic E-state index is -0.0954. The van der Waals surface area contributed by atoms with Crippen molar-refractivity contribution in [2.75, 3.05) is 25.5 Å². The number of hydrogen-bond donors (Lipinski definition) is 1. The zero-order valence-electron chi connectivity index (χ0n) is 15.2. The predicted molar refractivity (Wildman–Crippen MR) is 101 cm³/mol. The quantitative estimate of drug-likeness (QED) is 0.916. The van der Waals surface area contributed by atoms with E-state index in [9.17, 15) is 9.59 Å². The van der Waals surface area contributed by atoms with Crippen molar-refractivity contribution in [3.63, 3.8) is 0 Å². The third-order valence-corrected chi connectivity index (χ3v) is 4.82. The molecule has 1 heterocycles. The molecule has 1 aliphatic heterocycles. The standard InChI is InChI=1S/C21H24N2O3/c1-15-7-9-17(10-8-15)21(25)23-13-11-16(12-14-23)20(24)22-18-5-3-4-6-19(18)26-2/h3-10,16H,11-14H2,1-2H3,(H,22,24). The van der Waals surface area contributed by atoms with Gasteiger partial charge in [0, 0.05) is 24.6 Å². The molecule has 2 amide bonds. The molecule has 0 atom stereocenters. The molecule has 0 aliphatic carbocycles. The van der Waals surface area contributed by atoms with Gasteiger partial charge in [0.25, 0.3) is 5.91 Å². The maximum absolute atomic E-state index is 12.6. The van der Waals surface area contributed by atoms with Crippen molar-refractivity contribution in [1.29, 1.82) is 0 Å². The van der Waals surface area contributed by atoms with Crippen molar-refractivity contribution >= 4 is 17.5 Å². The van der Waals surface area contributed by atoms with Gasteiger partial charge in [0.15, 0.2) is 0 Å². The number of benzene rings is 2. The van der Waals surface area contributed by atoms with E-state index in [0.29, 0.717) is 42.9 Å². The molecule has 1 aliphatic rings. The first-order valence-corrected chi connectivity index (χ1v) is 8.88. The van der Waals surface area contributed by atoms with Gasteiger partial charge in [0.2, 0.25) is 5.91 Å². The third kappa shape index (κ3) is 4.04. The van der Waals surface area contributed by atoms with E-state index in [0.717, 1.165) is 5.56 Å². The first kappa shape index (κ1) is 18.0. The highest BCUT2D eigenvalue weighted by molar-refractivity contribution is 5.96. The zero-order chi connectivity index (χ0) is 18.5. The number of methoxy groups -OCH3 is 1. The molecule has 1 N–H and O–H groups in total. The Morgan fingerprint density at radius 1 is 1.04 bits per heavy atom. The number of carbonyl (C=O) groups excluding carboxylic acids is 2. The average molecular weight is 352 g/mol. The van der Waals surface area contributed by atoms with Crippen LogP contribution in [-0.4, -0.2) is 36.9 Å². The van der Waals surface area contributed by atoms with Gasteiger partial charge < -0.3 is 15.0 Å². The summed E-state index contributed by atoms with van der Waals surface area (Å²) in [7, 11) is 1.58. The molecule has 0 unspecified atom stereocenters. The van der Waals surface area contributed by atoms with Gasteiger partial charge in [-0.05, 0) is 44.0 Å². The Morgan fingerprint density at radius 3 is 2.35 bits per heavy atom. The van der Waals surface area contributed by atoms with Crippen LogP contribution < -0.4 is 10.1 Å². The van der Waals surface area contributed by atoms with Crippen molar-refractivity contribution in [2.45, 2.75) is 19.8 Å². The van der Waals surface area contributed by atoms with Gasteiger partial charge in [-0.25, -0.2) is 0 Å². The molecule has 3 rings (SSSR count). The van der Waals surface area contributed by atoms with Crippen LogP contribution in [0.5, 0.6) is 5.75 Å². The molecule has 0 bridgehead atoms. The fourth-order valence-corrected chi connectivity index (χ4v) is 3.21. The molecule has 0 spiro atoms. The molecular weight excluding hydrogens is 328 g/mol. The molecule has 0 aromatic heterocycles. The van der Waals surface area contributed by atoms with Crippen molar-refractivity contribution in [2.24, 2.45) is 5.92 Å². The number of hydrogen-bond acceptors (Lipinski definition) is 3. The van der Waals surface area contributed by atoms with Crippen molar-refractivity contribution in [3.05, 3.63) is 59.7 Å². The second-order valence-corrected chi connectivity index (χ2v) is 6.62. The zero-order valence-corrected chi connectivity index (χ0v) is 15.2. The summed E-state index contributed by atoms with van der Waals surface area (Å²) in [6.07, 6.45) is 1.33. The summed E-state index contributed by atoms with van der Waals surface area (Å²) in [6, 6.07) is 15.0. The Balaban J connectivity index is 1.57. The molecule has 2 aromatic rings.